The van der Waals surface area contributed by atoms with Gasteiger partial charge in [0.15, 0.2) is 5.17 Å². The fourth-order valence-corrected chi connectivity index (χ4v) is 3.95. The van der Waals surface area contributed by atoms with Gasteiger partial charge in [-0.15, -0.1) is 0 Å². The molecule has 1 saturated heterocycles. The number of thioether (sulfide) groups is 1. The van der Waals surface area contributed by atoms with Crippen LogP contribution in [0.3, 0.4) is 0 Å². The number of aromatic nitrogens is 1. The second-order valence-corrected chi connectivity index (χ2v) is 7.06. The molecule has 0 radical (unpaired) electrons. The predicted octanol–water partition coefficient (Wildman–Crippen LogP) is 5.04. The van der Waals surface area contributed by atoms with Crippen molar-refractivity contribution in [2.24, 2.45) is 4.99 Å². The molecule has 2 heterocycles. The Morgan fingerprint density at radius 2 is 2.17 bits per heavy atom. The molecule has 1 atom stereocenters. The molecule has 3 rings (SSSR count). The minimum absolute atomic E-state index is 0.103. The van der Waals surface area contributed by atoms with Gasteiger partial charge in [-0.25, -0.2) is 4.99 Å². The lowest BCUT2D eigenvalue weighted by atomic mass is 10.2. The van der Waals surface area contributed by atoms with Crippen molar-refractivity contribution in [2.75, 3.05) is 5.75 Å². The highest BCUT2D eigenvalue weighted by molar-refractivity contribution is 8.14. The monoisotopic (exact) mass is 379 g/mol. The quantitative estimate of drug-likeness (QED) is 0.749. The lowest BCUT2D eigenvalue weighted by Crippen LogP contribution is -2.39. The van der Waals surface area contributed by atoms with Gasteiger partial charge in [-0.1, -0.05) is 48.0 Å². The van der Waals surface area contributed by atoms with E-state index in [2.05, 4.69) is 16.9 Å². The fourth-order valence-electron chi connectivity index (χ4n) is 2.39. The molecule has 1 unspecified atom stereocenters. The summed E-state index contributed by atoms with van der Waals surface area (Å²) in [5.41, 5.74) is 1.09. The Kier molecular flexibility index (Phi) is 5.43. The summed E-state index contributed by atoms with van der Waals surface area (Å²) in [5, 5.41) is 1.58. The SMILES string of the molecule is CCC1CSC(=Nc2ccc(Cl)c(Cl)c2)N1C(=O)c1ccccn1. The molecule has 1 fully saturated rings. The molecule has 2 aromatic rings. The Morgan fingerprint density at radius 3 is 2.83 bits per heavy atom. The van der Waals surface area contributed by atoms with Crippen molar-refractivity contribution >= 4 is 51.7 Å². The molecule has 0 aliphatic carbocycles. The first-order valence-corrected chi connectivity index (χ1v) is 9.25. The molecule has 1 aliphatic heterocycles. The van der Waals surface area contributed by atoms with Gasteiger partial charge in [0, 0.05) is 18.0 Å². The van der Waals surface area contributed by atoms with Crippen LogP contribution in [0.15, 0.2) is 47.6 Å². The van der Waals surface area contributed by atoms with Gasteiger partial charge in [0.25, 0.3) is 5.91 Å². The first kappa shape index (κ1) is 17.3. The number of carbonyl (C=O) groups is 1. The Bertz CT molecular complexity index is 783. The van der Waals surface area contributed by atoms with Crippen LogP contribution in [0.25, 0.3) is 0 Å². The molecule has 4 nitrogen and oxygen atoms in total. The summed E-state index contributed by atoms with van der Waals surface area (Å²) in [6, 6.07) is 10.6. The van der Waals surface area contributed by atoms with Crippen LogP contribution < -0.4 is 0 Å². The van der Waals surface area contributed by atoms with E-state index in [-0.39, 0.29) is 11.9 Å². The van der Waals surface area contributed by atoms with Crippen molar-refractivity contribution in [1.82, 2.24) is 9.88 Å². The molecular formula is C17H15Cl2N3OS. The van der Waals surface area contributed by atoms with Crippen LogP contribution >= 0.6 is 35.0 Å². The molecule has 0 N–H and O–H groups in total. The average molecular weight is 380 g/mol. The summed E-state index contributed by atoms with van der Waals surface area (Å²) in [6.07, 6.45) is 2.47. The van der Waals surface area contributed by atoms with Crippen LogP contribution in [-0.2, 0) is 0 Å². The van der Waals surface area contributed by atoms with E-state index in [1.54, 1.807) is 59.3 Å². The zero-order valence-corrected chi connectivity index (χ0v) is 15.3. The van der Waals surface area contributed by atoms with Gasteiger partial charge in [0.2, 0.25) is 0 Å². The van der Waals surface area contributed by atoms with E-state index in [0.717, 1.165) is 12.2 Å². The number of rotatable bonds is 3. The second-order valence-electron chi connectivity index (χ2n) is 5.26. The summed E-state index contributed by atoms with van der Waals surface area (Å²) in [6.45, 7) is 2.06. The largest absolute Gasteiger partial charge is 0.282 e. The van der Waals surface area contributed by atoms with Crippen molar-refractivity contribution in [1.29, 1.82) is 0 Å². The van der Waals surface area contributed by atoms with E-state index < -0.39 is 0 Å². The van der Waals surface area contributed by atoms with Crippen LogP contribution in [-0.4, -0.2) is 32.8 Å². The minimum atomic E-state index is -0.133. The number of aliphatic imine (C=N–C) groups is 1. The molecule has 0 saturated carbocycles. The second kappa shape index (κ2) is 7.55. The highest BCUT2D eigenvalue weighted by Gasteiger charge is 2.35. The number of carbonyl (C=O) groups excluding carboxylic acids is 1. The third-order valence-corrected chi connectivity index (χ3v) is 5.51. The predicted molar refractivity (Wildman–Crippen MR) is 101 cm³/mol. The fraction of sp³-hybridized carbons (Fsp3) is 0.235. The molecule has 1 aromatic heterocycles. The zero-order valence-electron chi connectivity index (χ0n) is 12.9. The summed E-state index contributed by atoms with van der Waals surface area (Å²) in [5.74, 6) is 0.682. The van der Waals surface area contributed by atoms with E-state index in [1.165, 1.54) is 0 Å². The summed E-state index contributed by atoms with van der Waals surface area (Å²) < 4.78 is 0. The number of pyridine rings is 1. The average Bonchev–Trinajstić information content (AvgIpc) is 3.01. The maximum absolute atomic E-state index is 12.9. The van der Waals surface area contributed by atoms with Gasteiger partial charge in [0.05, 0.1) is 15.7 Å². The Morgan fingerprint density at radius 1 is 1.33 bits per heavy atom. The van der Waals surface area contributed by atoms with E-state index >= 15 is 0 Å². The lowest BCUT2D eigenvalue weighted by Gasteiger charge is -2.22. The van der Waals surface area contributed by atoms with E-state index in [9.17, 15) is 4.79 Å². The number of nitrogens with zero attached hydrogens (tertiary/aromatic N) is 3. The molecule has 24 heavy (non-hydrogen) atoms. The Hall–Kier alpha value is -1.56. The molecule has 7 heteroatoms. The van der Waals surface area contributed by atoms with Gasteiger partial charge in [0.1, 0.15) is 5.69 Å². The maximum atomic E-state index is 12.9. The number of amidine groups is 1. The van der Waals surface area contributed by atoms with Gasteiger partial charge in [-0.05, 0) is 36.8 Å². The van der Waals surface area contributed by atoms with Crippen molar-refractivity contribution in [2.45, 2.75) is 19.4 Å². The number of halogens is 2. The Balaban J connectivity index is 1.95. The molecule has 124 valence electrons. The summed E-state index contributed by atoms with van der Waals surface area (Å²) in [7, 11) is 0. The highest BCUT2D eigenvalue weighted by Crippen LogP contribution is 2.32. The smallest absolute Gasteiger partial charge is 0.278 e. The van der Waals surface area contributed by atoms with Crippen LogP contribution in [0.1, 0.15) is 23.8 Å². The third-order valence-electron chi connectivity index (χ3n) is 3.68. The third kappa shape index (κ3) is 3.58. The van der Waals surface area contributed by atoms with Crippen molar-refractivity contribution in [3.05, 3.63) is 58.3 Å². The first-order chi connectivity index (χ1) is 11.6. The van der Waals surface area contributed by atoms with Gasteiger partial charge >= 0.3 is 0 Å². The topological polar surface area (TPSA) is 45.6 Å². The number of hydrogen-bond donors (Lipinski definition) is 0. The van der Waals surface area contributed by atoms with Gasteiger partial charge in [-0.2, -0.15) is 0 Å². The summed E-state index contributed by atoms with van der Waals surface area (Å²) in [4.78, 5) is 23.4. The molecule has 0 spiro atoms. The van der Waals surface area contributed by atoms with E-state index in [0.29, 0.717) is 26.6 Å². The number of amides is 1. The molecule has 1 aliphatic rings. The lowest BCUT2D eigenvalue weighted by molar-refractivity contribution is 0.0813. The molecule has 0 bridgehead atoms. The van der Waals surface area contributed by atoms with Crippen molar-refractivity contribution in [3.8, 4) is 0 Å². The number of hydrogen-bond acceptors (Lipinski definition) is 4. The molecule has 1 aromatic carbocycles. The number of benzene rings is 1. The van der Waals surface area contributed by atoms with Crippen molar-refractivity contribution < 1.29 is 4.79 Å². The maximum Gasteiger partial charge on any atom is 0.278 e. The Labute approximate surface area is 154 Å². The van der Waals surface area contributed by atoms with Gasteiger partial charge in [-0.3, -0.25) is 14.7 Å². The first-order valence-electron chi connectivity index (χ1n) is 7.51. The van der Waals surface area contributed by atoms with Crippen LogP contribution in [0.2, 0.25) is 10.0 Å². The van der Waals surface area contributed by atoms with Crippen LogP contribution in [0.4, 0.5) is 5.69 Å². The zero-order chi connectivity index (χ0) is 17.1. The standard InChI is InChI=1S/C17H15Cl2N3OS/c1-2-12-10-24-17(21-11-6-7-13(18)14(19)9-11)22(12)16(23)15-5-3-4-8-20-15/h3-9,12H,2,10H2,1H3. The normalized spacial score (nSPS) is 19.0. The highest BCUT2D eigenvalue weighted by atomic mass is 35.5. The van der Waals surface area contributed by atoms with Crippen LogP contribution in [0, 0.1) is 0 Å². The molecular weight excluding hydrogens is 365 g/mol. The van der Waals surface area contributed by atoms with Crippen molar-refractivity contribution in [3.63, 3.8) is 0 Å². The summed E-state index contributed by atoms with van der Waals surface area (Å²) >= 11 is 13.6. The van der Waals surface area contributed by atoms with E-state index in [1.807, 2.05) is 0 Å². The minimum Gasteiger partial charge on any atom is -0.282 e. The van der Waals surface area contributed by atoms with Crippen LogP contribution in [0.5, 0.6) is 0 Å². The molecule has 1 amide bonds. The van der Waals surface area contributed by atoms with Gasteiger partial charge < -0.3 is 0 Å². The van der Waals surface area contributed by atoms with E-state index in [4.69, 9.17) is 23.2 Å².